The lowest BCUT2D eigenvalue weighted by Crippen LogP contribution is -2.13. The number of pyridine rings is 1. The van der Waals surface area contributed by atoms with Gasteiger partial charge in [0.25, 0.3) is 5.91 Å². The molecule has 0 saturated heterocycles. The Morgan fingerprint density at radius 2 is 1.88 bits per heavy atom. The number of hydrogen-bond acceptors (Lipinski definition) is 8. The van der Waals surface area contributed by atoms with Gasteiger partial charge in [-0.05, 0) is 24.6 Å². The summed E-state index contributed by atoms with van der Waals surface area (Å²) in [6, 6.07) is 21.0. The maximum absolute atomic E-state index is 13.1. The Morgan fingerprint density at radius 3 is 2.65 bits per heavy atom. The molecule has 5 rings (SSSR count). The van der Waals surface area contributed by atoms with E-state index >= 15 is 0 Å². The summed E-state index contributed by atoms with van der Waals surface area (Å²) in [4.78, 5) is 17.4. The van der Waals surface area contributed by atoms with Gasteiger partial charge in [0.15, 0.2) is 10.1 Å². The zero-order valence-electron chi connectivity index (χ0n) is 18.2. The number of furan rings is 1. The Labute approximate surface area is 204 Å². The molecule has 0 saturated carbocycles. The smallest absolute Gasteiger partial charge is 0.291 e. The number of benzene rings is 2. The second-order valence-electron chi connectivity index (χ2n) is 7.40. The van der Waals surface area contributed by atoms with Crippen molar-refractivity contribution in [1.29, 1.82) is 0 Å². The number of fused-ring (bicyclic) bond motifs is 1. The van der Waals surface area contributed by atoms with E-state index in [0.717, 1.165) is 25.9 Å². The van der Waals surface area contributed by atoms with Crippen LogP contribution in [0.3, 0.4) is 0 Å². The van der Waals surface area contributed by atoms with Crippen LogP contribution in [0.15, 0.2) is 81.7 Å². The third-order valence-corrected chi connectivity index (χ3v) is 6.97. The predicted molar refractivity (Wildman–Crippen MR) is 133 cm³/mol. The molecule has 5 aromatic rings. The van der Waals surface area contributed by atoms with Gasteiger partial charge < -0.3 is 14.5 Å². The van der Waals surface area contributed by atoms with Crippen LogP contribution in [-0.2, 0) is 12.4 Å². The number of hydrogen-bond donors (Lipinski definition) is 1. The van der Waals surface area contributed by atoms with E-state index in [9.17, 15) is 4.79 Å². The highest BCUT2D eigenvalue weighted by Crippen LogP contribution is 2.33. The van der Waals surface area contributed by atoms with E-state index < -0.39 is 0 Å². The number of thioether (sulfide) groups is 1. The van der Waals surface area contributed by atoms with E-state index in [-0.39, 0.29) is 11.7 Å². The van der Waals surface area contributed by atoms with E-state index in [4.69, 9.17) is 9.15 Å². The first-order valence-electron chi connectivity index (χ1n) is 10.5. The Bertz CT molecular complexity index is 1420. The first kappa shape index (κ1) is 22.1. The molecule has 0 aliphatic carbocycles. The van der Waals surface area contributed by atoms with Gasteiger partial charge in [0.05, 0.1) is 11.9 Å². The lowest BCUT2D eigenvalue weighted by molar-refractivity contribution is 0.0997. The van der Waals surface area contributed by atoms with E-state index in [0.29, 0.717) is 29.5 Å². The van der Waals surface area contributed by atoms with E-state index in [1.165, 1.54) is 23.1 Å². The van der Waals surface area contributed by atoms with Crippen molar-refractivity contribution in [3.05, 3.63) is 94.8 Å². The van der Waals surface area contributed by atoms with Crippen LogP contribution >= 0.6 is 23.1 Å². The molecular formula is C25H20N4O3S2. The predicted octanol–water partition coefficient (Wildman–Crippen LogP) is 6.11. The maximum Gasteiger partial charge on any atom is 0.291 e. The molecule has 0 aliphatic rings. The molecule has 9 heteroatoms. The number of anilines is 1. The van der Waals surface area contributed by atoms with Gasteiger partial charge in [-0.3, -0.25) is 4.79 Å². The van der Waals surface area contributed by atoms with E-state index in [2.05, 4.69) is 20.5 Å². The molecule has 2 aromatic carbocycles. The van der Waals surface area contributed by atoms with Crippen molar-refractivity contribution in [3.63, 3.8) is 0 Å². The lowest BCUT2D eigenvalue weighted by Gasteiger charge is -2.07. The average molecular weight is 489 g/mol. The second-order valence-corrected chi connectivity index (χ2v) is 9.80. The standard InChI is InChI=1S/C25H20N4O3S2/c1-16-28-29-25(34-16)33-15-20-19-9-5-6-10-21(19)32-23(20)24(30)27-18-11-12-22(26-13-18)31-14-17-7-3-2-4-8-17/h2-13H,14-15H2,1H3,(H,27,30). The van der Waals surface area contributed by atoms with Gasteiger partial charge in [-0.25, -0.2) is 4.98 Å². The summed E-state index contributed by atoms with van der Waals surface area (Å²) >= 11 is 3.06. The van der Waals surface area contributed by atoms with Crippen molar-refractivity contribution in [2.75, 3.05) is 5.32 Å². The van der Waals surface area contributed by atoms with Gasteiger partial charge >= 0.3 is 0 Å². The fourth-order valence-electron chi connectivity index (χ4n) is 3.36. The fourth-order valence-corrected chi connectivity index (χ4v) is 5.20. The number of carbonyl (C=O) groups is 1. The number of carbonyl (C=O) groups excluding carboxylic acids is 1. The van der Waals surface area contributed by atoms with Crippen LogP contribution in [-0.4, -0.2) is 21.1 Å². The SMILES string of the molecule is Cc1nnc(SCc2c(C(=O)Nc3ccc(OCc4ccccc4)nc3)oc3ccccc23)s1. The van der Waals surface area contributed by atoms with Gasteiger partial charge in [-0.15, -0.1) is 10.2 Å². The molecule has 0 aliphatic heterocycles. The number of ether oxygens (including phenoxy) is 1. The summed E-state index contributed by atoms with van der Waals surface area (Å²) in [7, 11) is 0. The highest BCUT2D eigenvalue weighted by atomic mass is 32.2. The largest absolute Gasteiger partial charge is 0.473 e. The highest BCUT2D eigenvalue weighted by molar-refractivity contribution is 8.00. The Balaban J connectivity index is 1.30. The first-order chi connectivity index (χ1) is 16.7. The van der Waals surface area contributed by atoms with Crippen molar-refractivity contribution >= 4 is 45.7 Å². The van der Waals surface area contributed by atoms with E-state index in [1.54, 1.807) is 18.3 Å². The quantitative estimate of drug-likeness (QED) is 0.264. The lowest BCUT2D eigenvalue weighted by atomic mass is 10.1. The van der Waals surface area contributed by atoms with Crippen molar-refractivity contribution in [1.82, 2.24) is 15.2 Å². The minimum Gasteiger partial charge on any atom is -0.473 e. The molecule has 0 unspecified atom stereocenters. The normalized spacial score (nSPS) is 11.0. The summed E-state index contributed by atoms with van der Waals surface area (Å²) in [6.07, 6.45) is 1.57. The summed E-state index contributed by atoms with van der Waals surface area (Å²) in [5.41, 5.74) is 3.10. The maximum atomic E-state index is 13.1. The number of aryl methyl sites for hydroxylation is 1. The average Bonchev–Trinajstić information content (AvgIpc) is 3.46. The van der Waals surface area contributed by atoms with Crippen molar-refractivity contribution in [3.8, 4) is 5.88 Å². The third-order valence-electron chi connectivity index (χ3n) is 4.98. The molecule has 0 spiro atoms. The number of nitrogens with zero attached hydrogens (tertiary/aromatic N) is 3. The Hall–Kier alpha value is -3.69. The fraction of sp³-hybridized carbons (Fsp3) is 0.120. The summed E-state index contributed by atoms with van der Waals surface area (Å²) < 4.78 is 12.5. The van der Waals surface area contributed by atoms with Crippen LogP contribution < -0.4 is 10.1 Å². The topological polar surface area (TPSA) is 90.1 Å². The summed E-state index contributed by atoms with van der Waals surface area (Å²) in [5, 5.41) is 12.9. The molecule has 0 bridgehead atoms. The van der Waals surface area contributed by atoms with Gasteiger partial charge in [-0.2, -0.15) is 0 Å². The summed E-state index contributed by atoms with van der Waals surface area (Å²) in [6.45, 7) is 2.34. The van der Waals surface area contributed by atoms with Gasteiger partial charge in [0.2, 0.25) is 5.88 Å². The van der Waals surface area contributed by atoms with Crippen LogP contribution in [0.5, 0.6) is 5.88 Å². The minimum atomic E-state index is -0.333. The minimum absolute atomic E-state index is 0.277. The Morgan fingerprint density at radius 1 is 1.06 bits per heavy atom. The molecule has 0 atom stereocenters. The zero-order chi connectivity index (χ0) is 23.3. The number of amides is 1. The van der Waals surface area contributed by atoms with Gasteiger partial charge in [0, 0.05) is 22.8 Å². The number of nitrogens with one attached hydrogen (secondary N) is 1. The van der Waals surface area contributed by atoms with Crippen LogP contribution in [0.2, 0.25) is 0 Å². The van der Waals surface area contributed by atoms with E-state index in [1.807, 2.05) is 61.5 Å². The molecule has 1 N–H and O–H groups in total. The molecule has 3 aromatic heterocycles. The highest BCUT2D eigenvalue weighted by Gasteiger charge is 2.21. The molecule has 1 amide bonds. The van der Waals surface area contributed by atoms with Crippen LogP contribution in [0.4, 0.5) is 5.69 Å². The number of rotatable bonds is 8. The molecule has 170 valence electrons. The Kier molecular flexibility index (Phi) is 6.55. The van der Waals surface area contributed by atoms with Crippen LogP contribution in [0, 0.1) is 6.92 Å². The van der Waals surface area contributed by atoms with Gasteiger partial charge in [-0.1, -0.05) is 71.6 Å². The monoisotopic (exact) mass is 488 g/mol. The first-order valence-corrected chi connectivity index (χ1v) is 12.3. The van der Waals surface area contributed by atoms with Crippen LogP contribution in [0.1, 0.15) is 26.7 Å². The second kappa shape index (κ2) is 10.1. The third kappa shape index (κ3) is 5.11. The van der Waals surface area contributed by atoms with Crippen LogP contribution in [0.25, 0.3) is 11.0 Å². The molecule has 0 fully saturated rings. The molecular weight excluding hydrogens is 468 g/mol. The van der Waals surface area contributed by atoms with Gasteiger partial charge in [0.1, 0.15) is 17.2 Å². The van der Waals surface area contributed by atoms with Crippen molar-refractivity contribution in [2.24, 2.45) is 0 Å². The molecule has 3 heterocycles. The molecule has 7 nitrogen and oxygen atoms in total. The zero-order valence-corrected chi connectivity index (χ0v) is 19.9. The number of aromatic nitrogens is 3. The van der Waals surface area contributed by atoms with Crippen molar-refractivity contribution < 1.29 is 13.9 Å². The summed E-state index contributed by atoms with van der Waals surface area (Å²) in [5.74, 6) is 0.966. The molecule has 0 radical (unpaired) electrons. The molecule has 34 heavy (non-hydrogen) atoms. The van der Waals surface area contributed by atoms with Crippen molar-refractivity contribution in [2.45, 2.75) is 23.6 Å². The number of para-hydroxylation sites is 1.